The first-order chi connectivity index (χ1) is 9.85. The molecule has 0 fully saturated rings. The van der Waals surface area contributed by atoms with Gasteiger partial charge in [0, 0.05) is 15.1 Å². The molecular formula is C12H14ClIN4O2S. The SMILES string of the molecule is CNCc1n[nH]c(C)c1S(=O)(=O)Nc1ccc(Cl)cc1I. The Morgan fingerprint density at radius 1 is 1.43 bits per heavy atom. The van der Waals surface area contributed by atoms with Crippen molar-refractivity contribution in [2.75, 3.05) is 11.8 Å². The summed E-state index contributed by atoms with van der Waals surface area (Å²) in [6, 6.07) is 4.96. The second-order valence-corrected chi connectivity index (χ2v) is 7.60. The number of H-pyrrole nitrogens is 1. The van der Waals surface area contributed by atoms with E-state index in [0.29, 0.717) is 28.6 Å². The number of nitrogens with zero attached hydrogens (tertiary/aromatic N) is 1. The number of rotatable bonds is 5. The number of hydrogen-bond donors (Lipinski definition) is 3. The van der Waals surface area contributed by atoms with Crippen LogP contribution in [0.5, 0.6) is 0 Å². The van der Waals surface area contributed by atoms with Crippen LogP contribution in [0.2, 0.25) is 5.02 Å². The maximum absolute atomic E-state index is 12.6. The van der Waals surface area contributed by atoms with Crippen LogP contribution < -0.4 is 10.0 Å². The molecule has 0 amide bonds. The first kappa shape index (κ1) is 16.5. The van der Waals surface area contributed by atoms with E-state index < -0.39 is 10.0 Å². The van der Waals surface area contributed by atoms with Crippen molar-refractivity contribution in [2.45, 2.75) is 18.4 Å². The normalized spacial score (nSPS) is 11.6. The van der Waals surface area contributed by atoms with Crippen molar-refractivity contribution in [3.8, 4) is 0 Å². The summed E-state index contributed by atoms with van der Waals surface area (Å²) in [4.78, 5) is 0.169. The van der Waals surface area contributed by atoms with Crippen LogP contribution in [-0.4, -0.2) is 25.7 Å². The lowest BCUT2D eigenvalue weighted by Crippen LogP contribution is -2.18. The number of aromatic nitrogens is 2. The third kappa shape index (κ3) is 3.68. The molecule has 0 saturated carbocycles. The molecular weight excluding hydrogens is 427 g/mol. The molecule has 0 spiro atoms. The fraction of sp³-hybridized carbons (Fsp3) is 0.250. The van der Waals surface area contributed by atoms with Crippen molar-refractivity contribution in [1.29, 1.82) is 0 Å². The third-order valence-electron chi connectivity index (χ3n) is 2.75. The molecule has 0 unspecified atom stereocenters. The summed E-state index contributed by atoms with van der Waals surface area (Å²) in [6.45, 7) is 2.03. The van der Waals surface area contributed by atoms with Gasteiger partial charge < -0.3 is 5.32 Å². The zero-order valence-electron chi connectivity index (χ0n) is 11.4. The Bertz CT molecular complexity index is 761. The smallest absolute Gasteiger partial charge is 0.265 e. The van der Waals surface area contributed by atoms with Gasteiger partial charge in [-0.3, -0.25) is 9.82 Å². The van der Waals surface area contributed by atoms with Gasteiger partial charge >= 0.3 is 0 Å². The molecule has 9 heteroatoms. The Labute approximate surface area is 141 Å². The molecule has 0 aliphatic heterocycles. The van der Waals surface area contributed by atoms with Gasteiger partial charge in [-0.1, -0.05) is 11.6 Å². The number of anilines is 1. The summed E-state index contributed by atoms with van der Waals surface area (Å²) in [5.41, 5.74) is 1.43. The lowest BCUT2D eigenvalue weighted by atomic mass is 10.3. The van der Waals surface area contributed by atoms with Crippen LogP contribution in [0, 0.1) is 10.5 Å². The first-order valence-electron chi connectivity index (χ1n) is 6.01. The Balaban J connectivity index is 2.41. The number of sulfonamides is 1. The quantitative estimate of drug-likeness (QED) is 0.624. The van der Waals surface area contributed by atoms with Gasteiger partial charge in [0.05, 0.1) is 17.1 Å². The average molecular weight is 441 g/mol. The van der Waals surface area contributed by atoms with E-state index in [4.69, 9.17) is 11.6 Å². The van der Waals surface area contributed by atoms with Crippen LogP contribution in [-0.2, 0) is 16.6 Å². The molecule has 0 saturated heterocycles. The van der Waals surface area contributed by atoms with E-state index >= 15 is 0 Å². The number of hydrogen-bond acceptors (Lipinski definition) is 4. The molecule has 1 aromatic carbocycles. The van der Waals surface area contributed by atoms with E-state index in [0.717, 1.165) is 3.57 Å². The van der Waals surface area contributed by atoms with Gasteiger partial charge in [0.2, 0.25) is 0 Å². The Morgan fingerprint density at radius 2 is 2.14 bits per heavy atom. The van der Waals surface area contributed by atoms with E-state index in [1.54, 1.807) is 32.2 Å². The molecule has 0 aliphatic carbocycles. The lowest BCUT2D eigenvalue weighted by Gasteiger charge is -2.11. The second kappa shape index (κ2) is 6.51. The summed E-state index contributed by atoms with van der Waals surface area (Å²) >= 11 is 7.90. The summed E-state index contributed by atoms with van der Waals surface area (Å²) in [5, 5.41) is 10.2. The van der Waals surface area contributed by atoms with Crippen molar-refractivity contribution >= 4 is 49.9 Å². The van der Waals surface area contributed by atoms with Crippen molar-refractivity contribution in [3.05, 3.63) is 38.2 Å². The zero-order chi connectivity index (χ0) is 15.6. The van der Waals surface area contributed by atoms with Gasteiger partial charge in [-0.2, -0.15) is 5.10 Å². The Kier molecular flexibility index (Phi) is 5.12. The van der Waals surface area contributed by atoms with Gasteiger partial charge in [-0.15, -0.1) is 0 Å². The van der Waals surface area contributed by atoms with Crippen molar-refractivity contribution in [2.24, 2.45) is 0 Å². The Morgan fingerprint density at radius 3 is 2.76 bits per heavy atom. The molecule has 0 radical (unpaired) electrons. The van der Waals surface area contributed by atoms with E-state index in [2.05, 4.69) is 20.2 Å². The highest BCUT2D eigenvalue weighted by Crippen LogP contribution is 2.26. The predicted octanol–water partition coefficient (Wildman–Crippen LogP) is 2.50. The minimum Gasteiger partial charge on any atom is -0.314 e. The van der Waals surface area contributed by atoms with Gasteiger partial charge in [0.1, 0.15) is 4.90 Å². The van der Waals surface area contributed by atoms with Crippen LogP contribution in [0.25, 0.3) is 0 Å². The van der Waals surface area contributed by atoms with Gasteiger partial charge in [-0.25, -0.2) is 8.42 Å². The number of nitrogens with one attached hydrogen (secondary N) is 3. The zero-order valence-corrected chi connectivity index (χ0v) is 15.1. The van der Waals surface area contributed by atoms with E-state index in [1.807, 2.05) is 22.6 Å². The van der Waals surface area contributed by atoms with Crippen molar-refractivity contribution in [1.82, 2.24) is 15.5 Å². The predicted molar refractivity (Wildman–Crippen MR) is 91.1 cm³/mol. The first-order valence-corrected chi connectivity index (χ1v) is 8.95. The minimum atomic E-state index is -3.72. The topological polar surface area (TPSA) is 86.9 Å². The largest absolute Gasteiger partial charge is 0.314 e. The second-order valence-electron chi connectivity index (χ2n) is 4.38. The van der Waals surface area contributed by atoms with Gasteiger partial charge in [-0.05, 0) is 54.8 Å². The van der Waals surface area contributed by atoms with Crippen LogP contribution in [0.4, 0.5) is 5.69 Å². The minimum absolute atomic E-state index is 0.169. The standard InChI is InChI=1S/C12H14ClIN4O2S/c1-7-12(11(6-15-2)17-16-7)21(19,20)18-10-4-3-8(13)5-9(10)14/h3-5,15,18H,6H2,1-2H3,(H,16,17). The maximum atomic E-state index is 12.6. The summed E-state index contributed by atoms with van der Waals surface area (Å²) in [6.07, 6.45) is 0. The molecule has 21 heavy (non-hydrogen) atoms. The molecule has 0 bridgehead atoms. The highest BCUT2D eigenvalue weighted by Gasteiger charge is 2.24. The fourth-order valence-corrected chi connectivity index (χ4v) is 4.52. The summed E-state index contributed by atoms with van der Waals surface area (Å²) < 4.78 is 28.5. The van der Waals surface area contributed by atoms with Crippen molar-refractivity contribution < 1.29 is 8.42 Å². The molecule has 1 heterocycles. The highest BCUT2D eigenvalue weighted by molar-refractivity contribution is 14.1. The summed E-state index contributed by atoms with van der Waals surface area (Å²) in [5.74, 6) is 0. The molecule has 2 aromatic rings. The summed E-state index contributed by atoms with van der Waals surface area (Å²) in [7, 11) is -1.99. The lowest BCUT2D eigenvalue weighted by molar-refractivity contribution is 0.598. The van der Waals surface area contributed by atoms with E-state index in [-0.39, 0.29) is 4.90 Å². The monoisotopic (exact) mass is 440 g/mol. The Hall–Kier alpha value is -0.840. The highest BCUT2D eigenvalue weighted by atomic mass is 127. The fourth-order valence-electron chi connectivity index (χ4n) is 1.88. The maximum Gasteiger partial charge on any atom is 0.265 e. The molecule has 114 valence electrons. The number of halogens is 2. The van der Waals surface area contributed by atoms with Crippen LogP contribution in [0.15, 0.2) is 23.1 Å². The molecule has 6 nitrogen and oxygen atoms in total. The van der Waals surface area contributed by atoms with Crippen molar-refractivity contribution in [3.63, 3.8) is 0 Å². The molecule has 0 atom stereocenters. The van der Waals surface area contributed by atoms with E-state index in [9.17, 15) is 8.42 Å². The average Bonchev–Trinajstić information content (AvgIpc) is 2.75. The number of aromatic amines is 1. The number of benzene rings is 1. The van der Waals surface area contributed by atoms with E-state index in [1.165, 1.54) is 0 Å². The van der Waals surface area contributed by atoms with Crippen LogP contribution >= 0.6 is 34.2 Å². The van der Waals surface area contributed by atoms with Crippen LogP contribution in [0.3, 0.4) is 0 Å². The molecule has 1 aromatic heterocycles. The molecule has 0 aliphatic rings. The molecule has 3 N–H and O–H groups in total. The van der Waals surface area contributed by atoms with Gasteiger partial charge in [0.15, 0.2) is 0 Å². The molecule has 2 rings (SSSR count). The van der Waals surface area contributed by atoms with Crippen LogP contribution in [0.1, 0.15) is 11.4 Å². The number of aryl methyl sites for hydroxylation is 1. The van der Waals surface area contributed by atoms with Gasteiger partial charge in [0.25, 0.3) is 10.0 Å². The third-order valence-corrected chi connectivity index (χ3v) is 5.45.